The van der Waals surface area contributed by atoms with E-state index < -0.39 is 11.7 Å². The van der Waals surface area contributed by atoms with Crippen molar-refractivity contribution in [3.05, 3.63) is 58.5 Å². The lowest BCUT2D eigenvalue weighted by atomic mass is 10.1. The molecule has 2 aromatic rings. The molecule has 1 amide bonds. The van der Waals surface area contributed by atoms with Gasteiger partial charge in [-0.3, -0.25) is 4.79 Å². The lowest BCUT2D eigenvalue weighted by Crippen LogP contribution is -2.14. The van der Waals surface area contributed by atoms with Crippen molar-refractivity contribution < 1.29 is 9.18 Å². The maximum Gasteiger partial charge on any atom is 0.257 e. The highest BCUT2D eigenvalue weighted by Gasteiger charge is 2.11. The second-order valence-electron chi connectivity index (χ2n) is 3.76. The molecule has 0 radical (unpaired) electrons. The van der Waals surface area contributed by atoms with Crippen LogP contribution in [0.15, 0.2) is 36.4 Å². The molecule has 0 unspecified atom stereocenters. The Balaban J connectivity index is 2.24. The Morgan fingerprint density at radius 1 is 1.33 bits per heavy atom. The van der Waals surface area contributed by atoms with E-state index in [0.717, 1.165) is 0 Å². The minimum atomic E-state index is -0.454. The molecule has 2 rings (SSSR count). The summed E-state index contributed by atoms with van der Waals surface area (Å²) in [5, 5.41) is 2.85. The van der Waals surface area contributed by atoms with Gasteiger partial charge in [0.2, 0.25) is 0 Å². The summed E-state index contributed by atoms with van der Waals surface area (Å²) in [7, 11) is 0. The quantitative estimate of drug-likeness (QED) is 0.845. The first-order chi connectivity index (χ1) is 8.56. The molecule has 1 aromatic carbocycles. The monoisotopic (exact) mass is 264 g/mol. The number of rotatable bonds is 2. The first kappa shape index (κ1) is 12.5. The van der Waals surface area contributed by atoms with E-state index in [1.54, 1.807) is 31.2 Å². The first-order valence-corrected chi connectivity index (χ1v) is 5.64. The second-order valence-corrected chi connectivity index (χ2v) is 4.15. The van der Waals surface area contributed by atoms with E-state index in [9.17, 15) is 9.18 Å². The third-order valence-corrected chi connectivity index (χ3v) is 2.61. The van der Waals surface area contributed by atoms with Crippen LogP contribution < -0.4 is 5.32 Å². The van der Waals surface area contributed by atoms with Gasteiger partial charge in [0.1, 0.15) is 16.8 Å². The van der Waals surface area contributed by atoms with Crippen LogP contribution in [0.3, 0.4) is 0 Å². The van der Waals surface area contributed by atoms with Gasteiger partial charge in [0, 0.05) is 5.56 Å². The first-order valence-electron chi connectivity index (χ1n) is 5.26. The number of halogens is 2. The van der Waals surface area contributed by atoms with Crippen molar-refractivity contribution in [3.8, 4) is 0 Å². The van der Waals surface area contributed by atoms with Crippen molar-refractivity contribution in [1.82, 2.24) is 4.98 Å². The Labute approximate surface area is 109 Å². The average Bonchev–Trinajstić information content (AvgIpc) is 2.32. The predicted molar refractivity (Wildman–Crippen MR) is 68.3 cm³/mol. The zero-order chi connectivity index (χ0) is 13.1. The van der Waals surface area contributed by atoms with Crippen LogP contribution in [0.4, 0.5) is 10.2 Å². The fraction of sp³-hybridized carbons (Fsp3) is 0.0769. The standard InChI is InChI=1S/C13H10ClFN2O/c1-8-5-6-9(15)7-10(8)13(18)17-12-4-2-3-11(14)16-12/h2-7H,1H3,(H,16,17,18). The molecule has 1 heterocycles. The Kier molecular flexibility index (Phi) is 3.58. The van der Waals surface area contributed by atoms with Crippen LogP contribution in [0, 0.1) is 12.7 Å². The molecule has 5 heteroatoms. The summed E-state index contributed by atoms with van der Waals surface area (Å²) in [4.78, 5) is 15.9. The number of amides is 1. The van der Waals surface area contributed by atoms with Gasteiger partial charge in [0.25, 0.3) is 5.91 Å². The van der Waals surface area contributed by atoms with E-state index >= 15 is 0 Å². The highest BCUT2D eigenvalue weighted by atomic mass is 35.5. The Hall–Kier alpha value is -1.94. The minimum absolute atomic E-state index is 0.275. The summed E-state index contributed by atoms with van der Waals surface area (Å²) in [6, 6.07) is 8.93. The molecule has 0 saturated heterocycles. The molecular weight excluding hydrogens is 255 g/mol. The fourth-order valence-electron chi connectivity index (χ4n) is 1.50. The van der Waals surface area contributed by atoms with E-state index in [0.29, 0.717) is 11.4 Å². The van der Waals surface area contributed by atoms with Crippen LogP contribution in [0.25, 0.3) is 0 Å². The number of aromatic nitrogens is 1. The number of hydrogen-bond acceptors (Lipinski definition) is 2. The lowest BCUT2D eigenvalue weighted by Gasteiger charge is -2.07. The van der Waals surface area contributed by atoms with Gasteiger partial charge in [-0.15, -0.1) is 0 Å². The molecule has 0 bridgehead atoms. The molecule has 18 heavy (non-hydrogen) atoms. The van der Waals surface area contributed by atoms with E-state index in [1.165, 1.54) is 12.1 Å². The molecule has 0 saturated carbocycles. The average molecular weight is 265 g/mol. The number of carbonyl (C=O) groups excluding carboxylic acids is 1. The summed E-state index contributed by atoms with van der Waals surface area (Å²) in [5.74, 6) is -0.539. The summed E-state index contributed by atoms with van der Waals surface area (Å²) >= 11 is 5.71. The molecule has 1 aromatic heterocycles. The Bertz CT molecular complexity index is 601. The van der Waals surface area contributed by atoms with Crippen molar-refractivity contribution >= 4 is 23.3 Å². The van der Waals surface area contributed by atoms with Crippen molar-refractivity contribution in [1.29, 1.82) is 0 Å². The van der Waals surface area contributed by atoms with Crippen molar-refractivity contribution in [2.45, 2.75) is 6.92 Å². The molecule has 0 aliphatic rings. The number of nitrogens with one attached hydrogen (secondary N) is 1. The molecule has 92 valence electrons. The maximum atomic E-state index is 13.1. The van der Waals surface area contributed by atoms with Crippen molar-refractivity contribution in [2.24, 2.45) is 0 Å². The second kappa shape index (κ2) is 5.14. The Morgan fingerprint density at radius 2 is 2.11 bits per heavy atom. The Morgan fingerprint density at radius 3 is 2.83 bits per heavy atom. The van der Waals surface area contributed by atoms with Gasteiger partial charge in [-0.25, -0.2) is 9.37 Å². The van der Waals surface area contributed by atoms with Gasteiger partial charge >= 0.3 is 0 Å². The van der Waals surface area contributed by atoms with Gasteiger partial charge in [-0.2, -0.15) is 0 Å². The summed E-state index contributed by atoms with van der Waals surface area (Å²) in [6.07, 6.45) is 0. The van der Waals surface area contributed by atoms with E-state index in [1.807, 2.05) is 0 Å². The van der Waals surface area contributed by atoms with Crippen molar-refractivity contribution in [3.63, 3.8) is 0 Å². The SMILES string of the molecule is Cc1ccc(F)cc1C(=O)Nc1cccc(Cl)n1. The third kappa shape index (κ3) is 2.84. The van der Waals surface area contributed by atoms with E-state index in [-0.39, 0.29) is 10.7 Å². The van der Waals surface area contributed by atoms with Gasteiger partial charge in [-0.05, 0) is 36.8 Å². The summed E-state index contributed by atoms with van der Waals surface area (Å²) in [6.45, 7) is 1.74. The smallest absolute Gasteiger partial charge is 0.257 e. The largest absolute Gasteiger partial charge is 0.307 e. The predicted octanol–water partition coefficient (Wildman–Crippen LogP) is 3.43. The minimum Gasteiger partial charge on any atom is -0.307 e. The molecule has 1 N–H and O–H groups in total. The molecule has 0 aliphatic heterocycles. The highest BCUT2D eigenvalue weighted by Crippen LogP contribution is 2.14. The molecule has 3 nitrogen and oxygen atoms in total. The molecule has 0 spiro atoms. The van der Waals surface area contributed by atoms with Gasteiger partial charge < -0.3 is 5.32 Å². The van der Waals surface area contributed by atoms with Gasteiger partial charge in [-0.1, -0.05) is 23.7 Å². The third-order valence-electron chi connectivity index (χ3n) is 2.40. The fourth-order valence-corrected chi connectivity index (χ4v) is 1.66. The number of carbonyl (C=O) groups is 1. The molecule has 0 atom stereocenters. The number of pyridine rings is 1. The van der Waals surface area contributed by atoms with Crippen LogP contribution >= 0.6 is 11.6 Å². The zero-order valence-electron chi connectivity index (χ0n) is 9.58. The van der Waals surface area contributed by atoms with E-state index in [2.05, 4.69) is 10.3 Å². The number of anilines is 1. The van der Waals surface area contributed by atoms with E-state index in [4.69, 9.17) is 11.6 Å². The molecule has 0 fully saturated rings. The highest BCUT2D eigenvalue weighted by molar-refractivity contribution is 6.29. The van der Waals surface area contributed by atoms with Crippen LogP contribution in [0.5, 0.6) is 0 Å². The maximum absolute atomic E-state index is 13.1. The molecule has 0 aliphatic carbocycles. The van der Waals surface area contributed by atoms with Crippen LogP contribution in [-0.2, 0) is 0 Å². The van der Waals surface area contributed by atoms with Crippen LogP contribution in [0.1, 0.15) is 15.9 Å². The van der Waals surface area contributed by atoms with Crippen LogP contribution in [-0.4, -0.2) is 10.9 Å². The topological polar surface area (TPSA) is 42.0 Å². The van der Waals surface area contributed by atoms with Gasteiger partial charge in [0.15, 0.2) is 0 Å². The number of hydrogen-bond donors (Lipinski definition) is 1. The number of aryl methyl sites for hydroxylation is 1. The number of benzene rings is 1. The molecular formula is C13H10ClFN2O. The van der Waals surface area contributed by atoms with Crippen LogP contribution in [0.2, 0.25) is 5.15 Å². The lowest BCUT2D eigenvalue weighted by molar-refractivity contribution is 0.102. The number of nitrogens with zero attached hydrogens (tertiary/aromatic N) is 1. The van der Waals surface area contributed by atoms with Gasteiger partial charge in [0.05, 0.1) is 0 Å². The normalized spacial score (nSPS) is 10.2. The zero-order valence-corrected chi connectivity index (χ0v) is 10.3. The van der Waals surface area contributed by atoms with Crippen molar-refractivity contribution in [2.75, 3.05) is 5.32 Å². The summed E-state index contributed by atoms with van der Waals surface area (Å²) < 4.78 is 13.1. The summed E-state index contributed by atoms with van der Waals surface area (Å²) in [5.41, 5.74) is 0.965.